The minimum absolute atomic E-state index is 0.0375. The van der Waals surface area contributed by atoms with Gasteiger partial charge in [-0.15, -0.1) is 0 Å². The Morgan fingerprint density at radius 2 is 2.25 bits per heavy atom. The maximum absolute atomic E-state index is 9.66. The molecule has 0 aromatic carbocycles. The van der Waals surface area contributed by atoms with Crippen LogP contribution in [0.5, 0.6) is 0 Å². The molecule has 0 aromatic rings. The predicted octanol–water partition coefficient (Wildman–Crippen LogP) is 1.48. The van der Waals surface area contributed by atoms with Crippen LogP contribution in [0.15, 0.2) is 11.6 Å². The molecule has 70 valence electrons. The first-order valence-electron chi connectivity index (χ1n) is 4.57. The lowest BCUT2D eigenvalue weighted by Gasteiger charge is -2.36. The average molecular weight is 170 g/mol. The summed E-state index contributed by atoms with van der Waals surface area (Å²) in [6, 6.07) is 0. The summed E-state index contributed by atoms with van der Waals surface area (Å²) in [7, 11) is 0. The molecule has 2 N–H and O–H groups in total. The lowest BCUT2D eigenvalue weighted by Crippen LogP contribution is -2.30. The molecule has 0 aromatic heterocycles. The van der Waals surface area contributed by atoms with Gasteiger partial charge in [0.2, 0.25) is 0 Å². The van der Waals surface area contributed by atoms with Gasteiger partial charge in [0, 0.05) is 0 Å². The molecular weight excluding hydrogens is 152 g/mol. The standard InChI is InChI=1S/C10H18O2/c1-10(2)6-3-4-9(12)8(10)5-7-11/h5,9,11-12H,3-4,6-7H2,1-2H3/b8-5+. The van der Waals surface area contributed by atoms with Crippen molar-refractivity contribution in [1.82, 2.24) is 0 Å². The van der Waals surface area contributed by atoms with E-state index in [0.29, 0.717) is 0 Å². The predicted molar refractivity (Wildman–Crippen MR) is 48.8 cm³/mol. The minimum atomic E-state index is -0.333. The number of aliphatic hydroxyl groups excluding tert-OH is 2. The van der Waals surface area contributed by atoms with E-state index in [1.165, 1.54) is 0 Å². The van der Waals surface area contributed by atoms with Crippen molar-refractivity contribution in [3.63, 3.8) is 0 Å². The van der Waals surface area contributed by atoms with Crippen LogP contribution in [0.3, 0.4) is 0 Å². The molecule has 0 radical (unpaired) electrons. The van der Waals surface area contributed by atoms with Gasteiger partial charge in [0.25, 0.3) is 0 Å². The highest BCUT2D eigenvalue weighted by molar-refractivity contribution is 5.19. The Kier molecular flexibility index (Phi) is 2.91. The smallest absolute Gasteiger partial charge is 0.0756 e. The molecule has 0 heterocycles. The van der Waals surface area contributed by atoms with Crippen molar-refractivity contribution in [3.05, 3.63) is 11.6 Å². The van der Waals surface area contributed by atoms with Crippen LogP contribution in [0.2, 0.25) is 0 Å². The summed E-state index contributed by atoms with van der Waals surface area (Å²) in [5, 5.41) is 18.4. The summed E-state index contributed by atoms with van der Waals surface area (Å²) >= 11 is 0. The largest absolute Gasteiger partial charge is 0.392 e. The van der Waals surface area contributed by atoms with E-state index in [-0.39, 0.29) is 18.1 Å². The Morgan fingerprint density at radius 3 is 2.75 bits per heavy atom. The van der Waals surface area contributed by atoms with E-state index in [0.717, 1.165) is 24.8 Å². The quantitative estimate of drug-likeness (QED) is 0.585. The molecule has 0 saturated heterocycles. The van der Waals surface area contributed by atoms with E-state index in [2.05, 4.69) is 13.8 Å². The van der Waals surface area contributed by atoms with Crippen molar-refractivity contribution in [3.8, 4) is 0 Å². The highest BCUT2D eigenvalue weighted by Crippen LogP contribution is 2.39. The summed E-state index contributed by atoms with van der Waals surface area (Å²) in [4.78, 5) is 0. The normalized spacial score (nSPS) is 32.3. The first kappa shape index (κ1) is 9.75. The third-order valence-corrected chi connectivity index (χ3v) is 2.73. The molecule has 0 bridgehead atoms. The van der Waals surface area contributed by atoms with E-state index in [9.17, 15) is 5.11 Å². The molecule has 2 heteroatoms. The molecule has 1 aliphatic rings. The van der Waals surface area contributed by atoms with Gasteiger partial charge in [-0.25, -0.2) is 0 Å². The summed E-state index contributed by atoms with van der Waals surface area (Å²) in [5.41, 5.74) is 1.08. The molecule has 1 atom stereocenters. The highest BCUT2D eigenvalue weighted by atomic mass is 16.3. The van der Waals surface area contributed by atoms with Gasteiger partial charge in [0.1, 0.15) is 0 Å². The molecule has 1 unspecified atom stereocenters. The summed E-state index contributed by atoms with van der Waals surface area (Å²) in [5.74, 6) is 0. The van der Waals surface area contributed by atoms with Crippen molar-refractivity contribution >= 4 is 0 Å². The molecule has 1 fully saturated rings. The molecule has 2 nitrogen and oxygen atoms in total. The van der Waals surface area contributed by atoms with Crippen LogP contribution >= 0.6 is 0 Å². The minimum Gasteiger partial charge on any atom is -0.392 e. The number of rotatable bonds is 1. The molecule has 0 amide bonds. The third-order valence-electron chi connectivity index (χ3n) is 2.73. The van der Waals surface area contributed by atoms with Crippen molar-refractivity contribution in [2.24, 2.45) is 5.41 Å². The maximum atomic E-state index is 9.66. The maximum Gasteiger partial charge on any atom is 0.0756 e. The van der Waals surface area contributed by atoms with Gasteiger partial charge in [-0.1, -0.05) is 19.9 Å². The van der Waals surface area contributed by atoms with Crippen molar-refractivity contribution in [2.45, 2.75) is 39.2 Å². The lowest BCUT2D eigenvalue weighted by molar-refractivity contribution is 0.132. The molecule has 0 aliphatic heterocycles. The monoisotopic (exact) mass is 170 g/mol. The molecule has 0 spiro atoms. The fourth-order valence-corrected chi connectivity index (χ4v) is 2.00. The molecule has 1 rings (SSSR count). The fourth-order valence-electron chi connectivity index (χ4n) is 2.00. The van der Waals surface area contributed by atoms with E-state index in [4.69, 9.17) is 5.11 Å². The van der Waals surface area contributed by atoms with Crippen LogP contribution in [-0.4, -0.2) is 22.9 Å². The van der Waals surface area contributed by atoms with E-state index in [1.807, 2.05) is 0 Å². The summed E-state index contributed by atoms with van der Waals surface area (Å²) in [6.07, 6.45) is 4.45. The van der Waals surface area contributed by atoms with Crippen LogP contribution < -0.4 is 0 Å². The zero-order valence-corrected chi connectivity index (χ0v) is 7.88. The van der Waals surface area contributed by atoms with Crippen LogP contribution in [0, 0.1) is 5.41 Å². The Hall–Kier alpha value is -0.340. The van der Waals surface area contributed by atoms with Crippen LogP contribution in [0.4, 0.5) is 0 Å². The van der Waals surface area contributed by atoms with Crippen LogP contribution in [0.1, 0.15) is 33.1 Å². The fraction of sp³-hybridized carbons (Fsp3) is 0.800. The van der Waals surface area contributed by atoms with Gasteiger partial charge in [0.15, 0.2) is 0 Å². The van der Waals surface area contributed by atoms with Gasteiger partial charge in [-0.2, -0.15) is 0 Å². The second-order valence-electron chi connectivity index (χ2n) is 4.13. The van der Waals surface area contributed by atoms with Crippen molar-refractivity contribution in [1.29, 1.82) is 0 Å². The van der Waals surface area contributed by atoms with Gasteiger partial charge >= 0.3 is 0 Å². The van der Waals surface area contributed by atoms with Gasteiger partial charge in [0.05, 0.1) is 12.7 Å². The topological polar surface area (TPSA) is 40.5 Å². The number of hydrogen-bond acceptors (Lipinski definition) is 2. The van der Waals surface area contributed by atoms with E-state index < -0.39 is 0 Å². The zero-order valence-electron chi connectivity index (χ0n) is 7.88. The third kappa shape index (κ3) is 1.87. The van der Waals surface area contributed by atoms with Gasteiger partial charge in [-0.3, -0.25) is 0 Å². The van der Waals surface area contributed by atoms with E-state index >= 15 is 0 Å². The second-order valence-corrected chi connectivity index (χ2v) is 4.13. The Morgan fingerprint density at radius 1 is 1.58 bits per heavy atom. The van der Waals surface area contributed by atoms with Crippen LogP contribution in [0.25, 0.3) is 0 Å². The number of hydrogen-bond donors (Lipinski definition) is 2. The second kappa shape index (κ2) is 3.58. The Balaban J connectivity index is 2.81. The van der Waals surface area contributed by atoms with Gasteiger partial charge in [-0.05, 0) is 30.3 Å². The Labute approximate surface area is 73.9 Å². The first-order valence-corrected chi connectivity index (χ1v) is 4.57. The van der Waals surface area contributed by atoms with Crippen molar-refractivity contribution < 1.29 is 10.2 Å². The number of aliphatic hydroxyl groups is 2. The lowest BCUT2D eigenvalue weighted by atomic mass is 9.71. The molecule has 1 aliphatic carbocycles. The van der Waals surface area contributed by atoms with Crippen molar-refractivity contribution in [2.75, 3.05) is 6.61 Å². The average Bonchev–Trinajstić information content (AvgIpc) is 1.97. The zero-order chi connectivity index (χ0) is 9.19. The Bertz CT molecular complexity index is 182. The van der Waals surface area contributed by atoms with Gasteiger partial charge < -0.3 is 10.2 Å². The molecule has 1 saturated carbocycles. The highest BCUT2D eigenvalue weighted by Gasteiger charge is 2.31. The SMILES string of the molecule is CC1(C)CCCC(O)/C1=C\CO. The first-order chi connectivity index (χ1) is 5.58. The summed E-state index contributed by atoms with van der Waals surface area (Å²) in [6.45, 7) is 4.28. The van der Waals surface area contributed by atoms with Crippen LogP contribution in [-0.2, 0) is 0 Å². The molecular formula is C10H18O2. The molecule has 12 heavy (non-hydrogen) atoms. The summed E-state index contributed by atoms with van der Waals surface area (Å²) < 4.78 is 0. The van der Waals surface area contributed by atoms with E-state index in [1.54, 1.807) is 6.08 Å².